The van der Waals surface area contributed by atoms with Crippen LogP contribution in [-0.2, 0) is 32.3 Å². The third-order valence-electron chi connectivity index (χ3n) is 3.39. The van der Waals surface area contributed by atoms with Gasteiger partial charge in [-0.05, 0) is 31.9 Å². The van der Waals surface area contributed by atoms with Gasteiger partial charge in [0.2, 0.25) is 0 Å². The van der Waals surface area contributed by atoms with Crippen LogP contribution >= 0.6 is 0 Å². The third-order valence-corrected chi connectivity index (χ3v) is 3.39. The maximum atomic E-state index is 12.6. The predicted octanol–water partition coefficient (Wildman–Crippen LogP) is 3.88. The van der Waals surface area contributed by atoms with Gasteiger partial charge in [0.1, 0.15) is 18.6 Å². The number of carbonyl (C=O) groups is 2. The highest BCUT2D eigenvalue weighted by atomic mass is 16.7. The minimum Gasteiger partial charge on any atom is -0.460 e. The first-order valence-corrected chi connectivity index (χ1v) is 8.56. The number of rotatable bonds is 7. The predicted molar refractivity (Wildman–Crippen MR) is 98.7 cm³/mol. The Bertz CT molecular complexity index is 708. The first kappa shape index (κ1) is 19.7. The lowest BCUT2D eigenvalue weighted by molar-refractivity contribution is -0.198. The maximum Gasteiger partial charge on any atom is 0.315 e. The van der Waals surface area contributed by atoms with E-state index >= 15 is 0 Å². The van der Waals surface area contributed by atoms with Crippen molar-refractivity contribution in [3.8, 4) is 0 Å². The first-order valence-electron chi connectivity index (χ1n) is 8.56. The molecule has 0 saturated heterocycles. The summed E-state index contributed by atoms with van der Waals surface area (Å²) in [6.45, 7) is 5.80. The zero-order chi connectivity index (χ0) is 19.0. The molecule has 0 aliphatic heterocycles. The highest BCUT2D eigenvalue weighted by molar-refractivity contribution is 5.93. The summed E-state index contributed by atoms with van der Waals surface area (Å²) >= 11 is 0. The SMILES string of the molecule is CC(C)(C)OC(=O)CC(=O)N(Cc1ccccc1)OCc1ccccc1. The molecule has 0 aliphatic carbocycles. The quantitative estimate of drug-likeness (QED) is 0.430. The first-order chi connectivity index (χ1) is 12.3. The van der Waals surface area contributed by atoms with Gasteiger partial charge in [0, 0.05) is 0 Å². The molecular formula is C21H25NO4. The fourth-order valence-electron chi connectivity index (χ4n) is 2.27. The van der Waals surface area contributed by atoms with E-state index in [9.17, 15) is 9.59 Å². The van der Waals surface area contributed by atoms with Gasteiger partial charge in [0.25, 0.3) is 5.91 Å². The van der Waals surface area contributed by atoms with Crippen LogP contribution in [0.5, 0.6) is 0 Å². The molecule has 0 N–H and O–H groups in total. The van der Waals surface area contributed by atoms with Crippen molar-refractivity contribution < 1.29 is 19.2 Å². The highest BCUT2D eigenvalue weighted by Gasteiger charge is 2.23. The molecule has 5 nitrogen and oxygen atoms in total. The van der Waals surface area contributed by atoms with E-state index in [1.165, 1.54) is 5.06 Å². The lowest BCUT2D eigenvalue weighted by Crippen LogP contribution is -2.34. The summed E-state index contributed by atoms with van der Waals surface area (Å²) in [6, 6.07) is 19.1. The second-order valence-electron chi connectivity index (χ2n) is 6.94. The van der Waals surface area contributed by atoms with E-state index < -0.39 is 17.5 Å². The van der Waals surface area contributed by atoms with Crippen molar-refractivity contribution in [2.75, 3.05) is 0 Å². The topological polar surface area (TPSA) is 55.8 Å². The number of hydrogen-bond acceptors (Lipinski definition) is 4. The number of esters is 1. The summed E-state index contributed by atoms with van der Waals surface area (Å²) in [5.74, 6) is -0.997. The molecule has 0 aromatic heterocycles. The molecule has 1 amide bonds. The minimum atomic E-state index is -0.632. The average molecular weight is 355 g/mol. The van der Waals surface area contributed by atoms with Crippen molar-refractivity contribution in [2.45, 2.75) is 45.9 Å². The third kappa shape index (κ3) is 7.07. The molecule has 0 fully saturated rings. The molecule has 0 unspecified atom stereocenters. The van der Waals surface area contributed by atoms with Gasteiger partial charge in [-0.3, -0.25) is 14.4 Å². The second kappa shape index (κ2) is 9.15. The van der Waals surface area contributed by atoms with Gasteiger partial charge < -0.3 is 4.74 Å². The summed E-state index contributed by atoms with van der Waals surface area (Å²) in [5, 5.41) is 1.23. The Hall–Kier alpha value is -2.66. The van der Waals surface area contributed by atoms with Gasteiger partial charge in [-0.15, -0.1) is 0 Å². The number of hydrogen-bond donors (Lipinski definition) is 0. The Morgan fingerprint density at radius 3 is 1.96 bits per heavy atom. The molecule has 0 heterocycles. The Morgan fingerprint density at radius 2 is 1.42 bits per heavy atom. The molecule has 0 bridgehead atoms. The van der Waals surface area contributed by atoms with Gasteiger partial charge in [-0.1, -0.05) is 60.7 Å². The van der Waals surface area contributed by atoms with Crippen LogP contribution in [0.15, 0.2) is 60.7 Å². The summed E-state index contributed by atoms with van der Waals surface area (Å²) in [7, 11) is 0. The minimum absolute atomic E-state index is 0.244. The molecule has 2 rings (SSSR count). The molecule has 0 aliphatic rings. The Labute approximate surface area is 154 Å². The number of nitrogens with zero attached hydrogens (tertiary/aromatic N) is 1. The van der Waals surface area contributed by atoms with Crippen LogP contribution in [0.4, 0.5) is 0 Å². The zero-order valence-electron chi connectivity index (χ0n) is 15.5. The molecule has 5 heteroatoms. The van der Waals surface area contributed by atoms with Crippen molar-refractivity contribution in [1.29, 1.82) is 0 Å². The molecule has 0 radical (unpaired) electrons. The van der Waals surface area contributed by atoms with E-state index in [0.717, 1.165) is 11.1 Å². The lowest BCUT2D eigenvalue weighted by Gasteiger charge is -2.23. The van der Waals surface area contributed by atoms with Gasteiger partial charge in [0.05, 0.1) is 6.54 Å². The van der Waals surface area contributed by atoms with Gasteiger partial charge in [0.15, 0.2) is 0 Å². The van der Waals surface area contributed by atoms with Crippen LogP contribution in [0, 0.1) is 0 Å². The van der Waals surface area contributed by atoms with Crippen molar-refractivity contribution in [2.24, 2.45) is 0 Å². The molecule has 0 atom stereocenters. The fraction of sp³-hybridized carbons (Fsp3) is 0.333. The highest BCUT2D eigenvalue weighted by Crippen LogP contribution is 2.13. The average Bonchev–Trinajstić information content (AvgIpc) is 2.58. The fourth-order valence-corrected chi connectivity index (χ4v) is 2.27. The Balaban J connectivity index is 2.03. The van der Waals surface area contributed by atoms with Gasteiger partial charge >= 0.3 is 5.97 Å². The maximum absolute atomic E-state index is 12.6. The van der Waals surface area contributed by atoms with E-state index in [1.807, 2.05) is 60.7 Å². The van der Waals surface area contributed by atoms with Crippen molar-refractivity contribution >= 4 is 11.9 Å². The Kier molecular flexibility index (Phi) is 6.92. The van der Waals surface area contributed by atoms with E-state index in [0.29, 0.717) is 0 Å². The van der Waals surface area contributed by atoms with Gasteiger partial charge in [-0.2, -0.15) is 0 Å². The van der Waals surface area contributed by atoms with Crippen LogP contribution in [0.25, 0.3) is 0 Å². The number of ether oxygens (including phenoxy) is 1. The van der Waals surface area contributed by atoms with E-state index in [-0.39, 0.29) is 19.6 Å². The normalized spacial score (nSPS) is 11.0. The molecule has 0 spiro atoms. The summed E-state index contributed by atoms with van der Waals surface area (Å²) in [6.07, 6.45) is -0.362. The van der Waals surface area contributed by atoms with Crippen LogP contribution in [0.1, 0.15) is 38.3 Å². The standard InChI is InChI=1S/C21H25NO4/c1-21(2,3)26-20(24)14-19(23)22(15-17-10-6-4-7-11-17)25-16-18-12-8-5-9-13-18/h4-13H,14-16H2,1-3H3. The molecule has 0 saturated carbocycles. The number of hydroxylamine groups is 2. The van der Waals surface area contributed by atoms with Crippen molar-refractivity contribution in [1.82, 2.24) is 5.06 Å². The van der Waals surface area contributed by atoms with Gasteiger partial charge in [-0.25, -0.2) is 5.06 Å². The van der Waals surface area contributed by atoms with E-state index in [2.05, 4.69) is 0 Å². The molecule has 26 heavy (non-hydrogen) atoms. The van der Waals surface area contributed by atoms with Crippen LogP contribution in [0.2, 0.25) is 0 Å². The van der Waals surface area contributed by atoms with E-state index in [1.54, 1.807) is 20.8 Å². The van der Waals surface area contributed by atoms with Crippen molar-refractivity contribution in [3.63, 3.8) is 0 Å². The largest absolute Gasteiger partial charge is 0.460 e. The Morgan fingerprint density at radius 1 is 0.885 bits per heavy atom. The van der Waals surface area contributed by atoms with Crippen LogP contribution < -0.4 is 0 Å². The van der Waals surface area contributed by atoms with Crippen molar-refractivity contribution in [3.05, 3.63) is 71.8 Å². The van der Waals surface area contributed by atoms with Crippen LogP contribution in [-0.4, -0.2) is 22.5 Å². The summed E-state index contributed by atoms with van der Waals surface area (Å²) < 4.78 is 5.23. The monoisotopic (exact) mass is 355 g/mol. The molecule has 138 valence electrons. The summed E-state index contributed by atoms with van der Waals surface area (Å²) in [4.78, 5) is 30.2. The second-order valence-corrected chi connectivity index (χ2v) is 6.94. The van der Waals surface area contributed by atoms with Crippen LogP contribution in [0.3, 0.4) is 0 Å². The molecule has 2 aromatic rings. The zero-order valence-corrected chi connectivity index (χ0v) is 15.5. The number of carbonyl (C=O) groups excluding carboxylic acids is 2. The van der Waals surface area contributed by atoms with E-state index in [4.69, 9.17) is 9.57 Å². The number of benzene rings is 2. The number of amides is 1. The molecular weight excluding hydrogens is 330 g/mol. The molecule has 2 aromatic carbocycles. The smallest absolute Gasteiger partial charge is 0.315 e. The summed E-state index contributed by atoms with van der Waals surface area (Å²) in [5.41, 5.74) is 1.22. The lowest BCUT2D eigenvalue weighted by atomic mass is 10.2.